The van der Waals surface area contributed by atoms with Crippen LogP contribution in [-0.2, 0) is 6.54 Å². The molecule has 1 fully saturated rings. The molecule has 2 aromatic rings. The molecule has 2 atom stereocenters. The zero-order chi connectivity index (χ0) is 13.4. The highest BCUT2D eigenvalue weighted by Crippen LogP contribution is 2.30. The Hall–Kier alpha value is -1.42. The molecule has 3 nitrogen and oxygen atoms in total. The number of fused-ring (bicyclic) bond motifs is 1. The number of aromatic nitrogens is 2. The van der Waals surface area contributed by atoms with E-state index in [2.05, 4.69) is 23.7 Å². The minimum atomic E-state index is -0.210. The summed E-state index contributed by atoms with van der Waals surface area (Å²) in [4.78, 5) is 4.71. The summed E-state index contributed by atoms with van der Waals surface area (Å²) in [7, 11) is 0. The van der Waals surface area contributed by atoms with Crippen LogP contribution < -0.4 is 5.32 Å². The summed E-state index contributed by atoms with van der Waals surface area (Å²) in [5, 5.41) is 3.42. The Morgan fingerprint density at radius 3 is 2.95 bits per heavy atom. The third kappa shape index (κ3) is 2.14. The van der Waals surface area contributed by atoms with Crippen LogP contribution in [0.5, 0.6) is 0 Å². The first-order chi connectivity index (χ1) is 9.20. The van der Waals surface area contributed by atoms with Gasteiger partial charge in [0.15, 0.2) is 0 Å². The third-order valence-corrected chi connectivity index (χ3v) is 4.04. The fourth-order valence-electron chi connectivity index (χ4n) is 3.02. The van der Waals surface area contributed by atoms with E-state index in [0.29, 0.717) is 11.8 Å². The van der Waals surface area contributed by atoms with Crippen LogP contribution >= 0.6 is 0 Å². The molecule has 0 aliphatic carbocycles. The molecule has 1 aliphatic heterocycles. The monoisotopic (exact) mass is 261 g/mol. The lowest BCUT2D eigenvalue weighted by atomic mass is 9.97. The molecule has 2 unspecified atom stereocenters. The average Bonchev–Trinajstić information content (AvgIpc) is 2.94. The van der Waals surface area contributed by atoms with E-state index in [1.807, 2.05) is 6.07 Å². The van der Waals surface area contributed by atoms with Crippen LogP contribution in [0, 0.1) is 11.7 Å². The fourth-order valence-corrected chi connectivity index (χ4v) is 3.02. The highest BCUT2D eigenvalue weighted by molar-refractivity contribution is 5.76. The standard InChI is InChI=1S/C15H20FN3/c1-3-6-19-14-5-4-11(16)7-13(14)18-15(19)12-9-17-8-10(12)2/h4-5,7,10,12,17H,3,6,8-9H2,1-2H3. The third-order valence-electron chi connectivity index (χ3n) is 4.04. The Morgan fingerprint density at radius 2 is 2.26 bits per heavy atom. The molecule has 2 heterocycles. The van der Waals surface area contributed by atoms with Crippen molar-refractivity contribution in [3.8, 4) is 0 Å². The van der Waals surface area contributed by atoms with E-state index in [9.17, 15) is 4.39 Å². The van der Waals surface area contributed by atoms with Gasteiger partial charge < -0.3 is 9.88 Å². The van der Waals surface area contributed by atoms with Crippen molar-refractivity contribution in [2.45, 2.75) is 32.7 Å². The Kier molecular flexibility index (Phi) is 3.27. The summed E-state index contributed by atoms with van der Waals surface area (Å²) in [6.07, 6.45) is 1.06. The maximum Gasteiger partial charge on any atom is 0.125 e. The molecule has 0 bridgehead atoms. The molecule has 1 aliphatic rings. The average molecular weight is 261 g/mol. The molecule has 19 heavy (non-hydrogen) atoms. The van der Waals surface area contributed by atoms with Gasteiger partial charge in [-0.1, -0.05) is 13.8 Å². The zero-order valence-electron chi connectivity index (χ0n) is 11.5. The van der Waals surface area contributed by atoms with E-state index in [1.54, 1.807) is 0 Å². The normalized spacial score (nSPS) is 23.3. The Bertz CT molecular complexity index is 590. The molecule has 102 valence electrons. The van der Waals surface area contributed by atoms with Gasteiger partial charge in [0, 0.05) is 25.1 Å². The quantitative estimate of drug-likeness (QED) is 0.920. The van der Waals surface area contributed by atoms with Gasteiger partial charge in [0.05, 0.1) is 11.0 Å². The second-order valence-corrected chi connectivity index (χ2v) is 5.50. The lowest BCUT2D eigenvalue weighted by Gasteiger charge is -2.16. The molecule has 1 aromatic heterocycles. The van der Waals surface area contributed by atoms with Crippen LogP contribution in [0.25, 0.3) is 11.0 Å². The van der Waals surface area contributed by atoms with E-state index in [0.717, 1.165) is 42.9 Å². The number of hydrogen-bond acceptors (Lipinski definition) is 2. The first-order valence-electron chi connectivity index (χ1n) is 7.07. The van der Waals surface area contributed by atoms with Crippen molar-refractivity contribution in [3.05, 3.63) is 29.8 Å². The zero-order valence-corrected chi connectivity index (χ0v) is 11.5. The molecule has 0 saturated carbocycles. The summed E-state index contributed by atoms with van der Waals surface area (Å²) in [6.45, 7) is 7.36. The van der Waals surface area contributed by atoms with Crippen LogP contribution in [0.3, 0.4) is 0 Å². The minimum absolute atomic E-state index is 0.210. The number of imidazole rings is 1. The number of aryl methyl sites for hydroxylation is 1. The topological polar surface area (TPSA) is 29.9 Å². The number of halogens is 1. The minimum Gasteiger partial charge on any atom is -0.328 e. The van der Waals surface area contributed by atoms with Crippen molar-refractivity contribution in [2.75, 3.05) is 13.1 Å². The van der Waals surface area contributed by atoms with Crippen molar-refractivity contribution >= 4 is 11.0 Å². The molecule has 0 spiro atoms. The second kappa shape index (κ2) is 4.93. The second-order valence-electron chi connectivity index (χ2n) is 5.50. The molecular weight excluding hydrogens is 241 g/mol. The summed E-state index contributed by atoms with van der Waals surface area (Å²) < 4.78 is 15.6. The number of nitrogens with one attached hydrogen (secondary N) is 1. The van der Waals surface area contributed by atoms with Crippen molar-refractivity contribution in [1.29, 1.82) is 0 Å². The number of benzene rings is 1. The summed E-state index contributed by atoms with van der Waals surface area (Å²) in [6, 6.07) is 4.91. The SMILES string of the molecule is CCCn1c(C2CNCC2C)nc2cc(F)ccc21. The maximum absolute atomic E-state index is 13.4. The molecule has 0 amide bonds. The van der Waals surface area contributed by atoms with Gasteiger partial charge in [-0.25, -0.2) is 9.37 Å². The highest BCUT2D eigenvalue weighted by atomic mass is 19.1. The molecule has 0 radical (unpaired) electrons. The number of hydrogen-bond donors (Lipinski definition) is 1. The first-order valence-corrected chi connectivity index (χ1v) is 7.07. The smallest absolute Gasteiger partial charge is 0.125 e. The predicted molar refractivity (Wildman–Crippen MR) is 74.8 cm³/mol. The van der Waals surface area contributed by atoms with E-state index in [4.69, 9.17) is 4.98 Å². The molecule has 1 N–H and O–H groups in total. The molecular formula is C15H20FN3. The highest BCUT2D eigenvalue weighted by Gasteiger charge is 2.29. The van der Waals surface area contributed by atoms with Gasteiger partial charge in [0.2, 0.25) is 0 Å². The van der Waals surface area contributed by atoms with Crippen LogP contribution in [0.1, 0.15) is 32.0 Å². The van der Waals surface area contributed by atoms with Crippen molar-refractivity contribution in [2.24, 2.45) is 5.92 Å². The Balaban J connectivity index is 2.13. The van der Waals surface area contributed by atoms with Crippen molar-refractivity contribution in [3.63, 3.8) is 0 Å². The number of rotatable bonds is 3. The number of nitrogens with zero attached hydrogens (tertiary/aromatic N) is 2. The van der Waals surface area contributed by atoms with E-state index in [-0.39, 0.29) is 5.82 Å². The fraction of sp³-hybridized carbons (Fsp3) is 0.533. The molecule has 1 aromatic carbocycles. The van der Waals surface area contributed by atoms with Crippen molar-refractivity contribution < 1.29 is 4.39 Å². The van der Waals surface area contributed by atoms with Crippen molar-refractivity contribution in [1.82, 2.24) is 14.9 Å². The largest absolute Gasteiger partial charge is 0.328 e. The lowest BCUT2D eigenvalue weighted by Crippen LogP contribution is -2.15. The van der Waals surface area contributed by atoms with E-state index in [1.165, 1.54) is 12.1 Å². The van der Waals surface area contributed by atoms with Gasteiger partial charge in [-0.15, -0.1) is 0 Å². The first kappa shape index (κ1) is 12.6. The van der Waals surface area contributed by atoms with Crippen LogP contribution in [-0.4, -0.2) is 22.6 Å². The van der Waals surface area contributed by atoms with Gasteiger partial charge in [0.1, 0.15) is 11.6 Å². The van der Waals surface area contributed by atoms with Gasteiger partial charge >= 0.3 is 0 Å². The summed E-state index contributed by atoms with van der Waals surface area (Å²) in [5.41, 5.74) is 1.83. The van der Waals surface area contributed by atoms with Crippen LogP contribution in [0.4, 0.5) is 4.39 Å². The van der Waals surface area contributed by atoms with E-state index >= 15 is 0 Å². The Labute approximate surface area is 112 Å². The maximum atomic E-state index is 13.4. The van der Waals surface area contributed by atoms with E-state index < -0.39 is 0 Å². The van der Waals surface area contributed by atoms with Gasteiger partial charge in [-0.2, -0.15) is 0 Å². The molecule has 3 rings (SSSR count). The van der Waals surface area contributed by atoms with Gasteiger partial charge in [0.25, 0.3) is 0 Å². The summed E-state index contributed by atoms with van der Waals surface area (Å²) in [5.74, 6) is 1.91. The molecule has 4 heteroatoms. The molecule has 1 saturated heterocycles. The van der Waals surface area contributed by atoms with Crippen LogP contribution in [0.15, 0.2) is 18.2 Å². The Morgan fingerprint density at radius 1 is 1.42 bits per heavy atom. The summed E-state index contributed by atoms with van der Waals surface area (Å²) >= 11 is 0. The van der Waals surface area contributed by atoms with Crippen LogP contribution in [0.2, 0.25) is 0 Å². The van der Waals surface area contributed by atoms with Gasteiger partial charge in [-0.3, -0.25) is 0 Å². The predicted octanol–water partition coefficient (Wildman–Crippen LogP) is 2.91. The van der Waals surface area contributed by atoms with Gasteiger partial charge in [-0.05, 0) is 31.0 Å². The lowest BCUT2D eigenvalue weighted by molar-refractivity contribution is 0.514.